The van der Waals surface area contributed by atoms with Crippen molar-refractivity contribution in [3.63, 3.8) is 0 Å². The van der Waals surface area contributed by atoms with E-state index in [9.17, 15) is 0 Å². The lowest BCUT2D eigenvalue weighted by Crippen LogP contribution is -2.04. The van der Waals surface area contributed by atoms with E-state index in [1.54, 1.807) is 0 Å². The predicted octanol–water partition coefficient (Wildman–Crippen LogP) is 2.79. The second-order valence-electron chi connectivity index (χ2n) is 3.02. The second-order valence-corrected chi connectivity index (χ2v) is 3.02. The Labute approximate surface area is 84.0 Å². The van der Waals surface area contributed by atoms with E-state index in [1.165, 1.54) is 0 Å². The number of hydrogen-bond donors (Lipinski definition) is 1. The van der Waals surface area contributed by atoms with E-state index in [0.717, 1.165) is 12.0 Å². The minimum Gasteiger partial charge on any atom is -0.474 e. The molecule has 14 heavy (non-hydrogen) atoms. The van der Waals surface area contributed by atoms with E-state index in [-0.39, 0.29) is 0 Å². The van der Waals surface area contributed by atoms with Crippen LogP contribution in [0.2, 0.25) is 0 Å². The molecule has 0 spiro atoms. The molecule has 0 aromatic heterocycles. The van der Waals surface area contributed by atoms with Gasteiger partial charge < -0.3 is 9.94 Å². The average molecular weight is 193 g/mol. The fourth-order valence-electron chi connectivity index (χ4n) is 1.11. The van der Waals surface area contributed by atoms with Gasteiger partial charge in [0.2, 0.25) is 5.90 Å². The van der Waals surface area contributed by atoms with Crippen molar-refractivity contribution >= 4 is 5.90 Å². The van der Waals surface area contributed by atoms with E-state index in [0.29, 0.717) is 18.9 Å². The molecule has 3 nitrogen and oxygen atoms in total. The fourth-order valence-corrected chi connectivity index (χ4v) is 1.11. The van der Waals surface area contributed by atoms with Gasteiger partial charge in [0.05, 0.1) is 0 Å². The minimum absolute atomic E-state index is 0.399. The number of ether oxygens (including phenoxy) is 1. The molecule has 0 fully saturated rings. The zero-order valence-corrected chi connectivity index (χ0v) is 8.31. The number of nitrogens with zero attached hydrogens (tertiary/aromatic N) is 1. The molecule has 0 bridgehead atoms. The third kappa shape index (κ3) is 3.47. The highest BCUT2D eigenvalue weighted by molar-refractivity contribution is 5.75. The Balaban J connectivity index is 2.40. The van der Waals surface area contributed by atoms with Crippen LogP contribution in [0.4, 0.5) is 0 Å². The summed E-state index contributed by atoms with van der Waals surface area (Å²) in [5.74, 6) is 0.399. The van der Waals surface area contributed by atoms with Crippen LogP contribution in [-0.2, 0) is 11.3 Å². The lowest BCUT2D eigenvalue weighted by molar-refractivity contribution is 0.239. The summed E-state index contributed by atoms with van der Waals surface area (Å²) in [6.07, 6.45) is 1.58. The van der Waals surface area contributed by atoms with Crippen LogP contribution in [0.5, 0.6) is 0 Å². The third-order valence-electron chi connectivity index (χ3n) is 1.82. The molecule has 0 atom stereocenters. The maximum absolute atomic E-state index is 8.60. The second kappa shape index (κ2) is 6.02. The first kappa shape index (κ1) is 10.6. The van der Waals surface area contributed by atoms with Crippen LogP contribution in [0.1, 0.15) is 25.3 Å². The van der Waals surface area contributed by atoms with Gasteiger partial charge in [-0.15, -0.1) is 0 Å². The topological polar surface area (TPSA) is 41.8 Å². The van der Waals surface area contributed by atoms with E-state index in [1.807, 2.05) is 37.3 Å². The summed E-state index contributed by atoms with van der Waals surface area (Å²) in [4.78, 5) is 0. The smallest absolute Gasteiger partial charge is 0.225 e. The lowest BCUT2D eigenvalue weighted by atomic mass is 10.2. The Morgan fingerprint density at radius 2 is 2.07 bits per heavy atom. The predicted molar refractivity (Wildman–Crippen MR) is 55.4 cm³/mol. The molecule has 1 N–H and O–H groups in total. The van der Waals surface area contributed by atoms with Crippen LogP contribution in [0.3, 0.4) is 0 Å². The standard InChI is InChI=1S/C11H15NO2/c1-2-6-11(12-13)14-9-10-7-4-3-5-8-10/h3-5,7-8,13H,2,6,9H2,1H3. The summed E-state index contributed by atoms with van der Waals surface area (Å²) in [5, 5.41) is 11.7. The largest absolute Gasteiger partial charge is 0.474 e. The minimum atomic E-state index is 0.399. The molecule has 1 aromatic carbocycles. The quantitative estimate of drug-likeness (QED) is 0.346. The van der Waals surface area contributed by atoms with Gasteiger partial charge in [-0.1, -0.05) is 42.4 Å². The Bertz CT molecular complexity index is 283. The molecule has 1 rings (SSSR count). The van der Waals surface area contributed by atoms with Crippen LogP contribution in [0, 0.1) is 0 Å². The first-order chi connectivity index (χ1) is 6.86. The Morgan fingerprint density at radius 3 is 2.64 bits per heavy atom. The molecule has 76 valence electrons. The van der Waals surface area contributed by atoms with Gasteiger partial charge in [0.1, 0.15) is 6.61 Å². The average Bonchev–Trinajstić information content (AvgIpc) is 2.25. The number of rotatable bonds is 4. The van der Waals surface area contributed by atoms with Crippen molar-refractivity contribution in [3.05, 3.63) is 35.9 Å². The molecule has 0 saturated heterocycles. The Morgan fingerprint density at radius 1 is 1.36 bits per heavy atom. The molecule has 1 aromatic rings. The fraction of sp³-hybridized carbons (Fsp3) is 0.364. The first-order valence-corrected chi connectivity index (χ1v) is 4.74. The van der Waals surface area contributed by atoms with E-state index in [4.69, 9.17) is 9.94 Å². The molecular weight excluding hydrogens is 178 g/mol. The van der Waals surface area contributed by atoms with Crippen LogP contribution in [0.15, 0.2) is 35.5 Å². The van der Waals surface area contributed by atoms with Gasteiger partial charge >= 0.3 is 0 Å². The molecule has 0 amide bonds. The van der Waals surface area contributed by atoms with Crippen molar-refractivity contribution in [3.8, 4) is 0 Å². The maximum Gasteiger partial charge on any atom is 0.225 e. The van der Waals surface area contributed by atoms with Gasteiger partial charge in [0.15, 0.2) is 0 Å². The Hall–Kier alpha value is -1.51. The van der Waals surface area contributed by atoms with Crippen molar-refractivity contribution < 1.29 is 9.94 Å². The van der Waals surface area contributed by atoms with E-state index in [2.05, 4.69) is 5.16 Å². The third-order valence-corrected chi connectivity index (χ3v) is 1.82. The summed E-state index contributed by atoms with van der Waals surface area (Å²) in [6.45, 7) is 2.47. The lowest BCUT2D eigenvalue weighted by Gasteiger charge is -2.06. The molecule has 3 heteroatoms. The SMILES string of the molecule is CCCC(=NO)OCc1ccccc1. The molecule has 0 saturated carbocycles. The molecule has 0 radical (unpaired) electrons. The molecule has 0 aliphatic heterocycles. The van der Waals surface area contributed by atoms with Crippen molar-refractivity contribution in [2.45, 2.75) is 26.4 Å². The maximum atomic E-state index is 8.60. The number of benzene rings is 1. The van der Waals surface area contributed by atoms with Crippen LogP contribution >= 0.6 is 0 Å². The number of oxime groups is 1. The zero-order valence-electron chi connectivity index (χ0n) is 8.31. The van der Waals surface area contributed by atoms with E-state index >= 15 is 0 Å². The summed E-state index contributed by atoms with van der Waals surface area (Å²) >= 11 is 0. The van der Waals surface area contributed by atoms with Gasteiger partial charge in [-0.05, 0) is 12.0 Å². The van der Waals surface area contributed by atoms with Gasteiger partial charge in [-0.25, -0.2) is 0 Å². The van der Waals surface area contributed by atoms with Crippen LogP contribution in [-0.4, -0.2) is 11.1 Å². The summed E-state index contributed by atoms with van der Waals surface area (Å²) < 4.78 is 5.32. The van der Waals surface area contributed by atoms with Gasteiger partial charge in [0.25, 0.3) is 0 Å². The van der Waals surface area contributed by atoms with Gasteiger partial charge in [-0.2, -0.15) is 0 Å². The summed E-state index contributed by atoms with van der Waals surface area (Å²) in [6, 6.07) is 9.81. The highest BCUT2D eigenvalue weighted by atomic mass is 16.5. The van der Waals surface area contributed by atoms with Crippen molar-refractivity contribution in [2.24, 2.45) is 5.16 Å². The van der Waals surface area contributed by atoms with Gasteiger partial charge in [-0.3, -0.25) is 0 Å². The first-order valence-electron chi connectivity index (χ1n) is 4.74. The van der Waals surface area contributed by atoms with Crippen molar-refractivity contribution in [2.75, 3.05) is 0 Å². The van der Waals surface area contributed by atoms with Crippen LogP contribution in [0.25, 0.3) is 0 Å². The van der Waals surface area contributed by atoms with Crippen LogP contribution < -0.4 is 0 Å². The highest BCUT2D eigenvalue weighted by Gasteiger charge is 1.99. The molecule has 0 aliphatic rings. The van der Waals surface area contributed by atoms with Crippen molar-refractivity contribution in [1.29, 1.82) is 0 Å². The zero-order chi connectivity index (χ0) is 10.2. The molecule has 0 aliphatic carbocycles. The van der Waals surface area contributed by atoms with Gasteiger partial charge in [0, 0.05) is 6.42 Å². The molecule has 0 unspecified atom stereocenters. The monoisotopic (exact) mass is 193 g/mol. The normalized spacial score (nSPS) is 11.4. The van der Waals surface area contributed by atoms with E-state index < -0.39 is 0 Å². The highest BCUT2D eigenvalue weighted by Crippen LogP contribution is 2.03. The molecular formula is C11H15NO2. The summed E-state index contributed by atoms with van der Waals surface area (Å²) in [7, 11) is 0. The Kier molecular flexibility index (Phi) is 4.55. The molecule has 0 heterocycles. The number of hydrogen-bond acceptors (Lipinski definition) is 3. The van der Waals surface area contributed by atoms with Crippen molar-refractivity contribution in [1.82, 2.24) is 0 Å². The summed E-state index contributed by atoms with van der Waals surface area (Å²) in [5.41, 5.74) is 1.07.